The van der Waals surface area contributed by atoms with Crippen molar-refractivity contribution in [2.75, 3.05) is 27.4 Å². The summed E-state index contributed by atoms with van der Waals surface area (Å²) in [6, 6.07) is 12.3. The maximum absolute atomic E-state index is 12.4. The Morgan fingerprint density at radius 3 is 2.48 bits per heavy atom. The van der Waals surface area contributed by atoms with Gasteiger partial charge in [0.25, 0.3) is 0 Å². The molecule has 0 spiro atoms. The second-order valence-electron chi connectivity index (χ2n) is 5.26. The normalized spacial score (nSPS) is 11.2. The van der Waals surface area contributed by atoms with Crippen LogP contribution in [-0.4, -0.2) is 35.8 Å². The van der Waals surface area contributed by atoms with E-state index in [2.05, 4.69) is 11.6 Å². The minimum Gasteiger partial charge on any atom is -0.497 e. The molecule has 1 N–H and O–H groups in total. The molecule has 6 nitrogen and oxygen atoms in total. The summed E-state index contributed by atoms with van der Waals surface area (Å²) >= 11 is 0. The van der Waals surface area contributed by atoms with Crippen molar-refractivity contribution in [3.63, 3.8) is 0 Å². The summed E-state index contributed by atoms with van der Waals surface area (Å²) in [5.41, 5.74) is 1.17. The zero-order chi connectivity index (χ0) is 18.3. The fourth-order valence-corrected chi connectivity index (χ4v) is 3.44. The van der Waals surface area contributed by atoms with E-state index in [-0.39, 0.29) is 23.8 Å². The Morgan fingerprint density at radius 1 is 1.00 bits per heavy atom. The van der Waals surface area contributed by atoms with Crippen molar-refractivity contribution < 1.29 is 22.6 Å². The van der Waals surface area contributed by atoms with Crippen molar-refractivity contribution in [3.8, 4) is 17.2 Å². The summed E-state index contributed by atoms with van der Waals surface area (Å²) in [4.78, 5) is 0.0591. The molecular formula is C18H23NO5S. The maximum Gasteiger partial charge on any atom is 0.244 e. The van der Waals surface area contributed by atoms with E-state index < -0.39 is 10.0 Å². The third kappa shape index (κ3) is 5.11. The van der Waals surface area contributed by atoms with Crippen LogP contribution in [0.3, 0.4) is 0 Å². The summed E-state index contributed by atoms with van der Waals surface area (Å²) in [6.45, 7) is 2.44. The predicted octanol–water partition coefficient (Wildman–Crippen LogP) is 2.62. The van der Waals surface area contributed by atoms with Gasteiger partial charge in [0.15, 0.2) is 0 Å². The quantitative estimate of drug-likeness (QED) is 0.692. The van der Waals surface area contributed by atoms with E-state index in [1.165, 1.54) is 31.9 Å². The van der Waals surface area contributed by atoms with E-state index in [1.807, 2.05) is 24.3 Å². The number of rotatable bonds is 9. The lowest BCUT2D eigenvalue weighted by Gasteiger charge is -2.12. The number of aryl methyl sites for hydroxylation is 1. The van der Waals surface area contributed by atoms with Gasteiger partial charge in [0, 0.05) is 12.6 Å². The van der Waals surface area contributed by atoms with Gasteiger partial charge in [-0.15, -0.1) is 0 Å². The van der Waals surface area contributed by atoms with E-state index in [0.717, 1.165) is 12.2 Å². The average molecular weight is 365 g/mol. The number of ether oxygens (including phenoxy) is 3. The Morgan fingerprint density at radius 2 is 1.80 bits per heavy atom. The highest BCUT2D eigenvalue weighted by molar-refractivity contribution is 7.89. The van der Waals surface area contributed by atoms with E-state index in [0.29, 0.717) is 5.75 Å². The standard InChI is InChI=1S/C18H23NO5S/c1-4-14-6-5-7-16(12-14)24-11-10-19-25(20,21)18-9-8-15(22-2)13-17(18)23-3/h5-9,12-13,19H,4,10-11H2,1-3H3. The summed E-state index contributed by atoms with van der Waals surface area (Å²) < 4.78 is 43.2. The number of nitrogens with one attached hydrogen (secondary N) is 1. The summed E-state index contributed by atoms with van der Waals surface area (Å²) in [5.74, 6) is 1.47. The van der Waals surface area contributed by atoms with Gasteiger partial charge in [-0.1, -0.05) is 19.1 Å². The maximum atomic E-state index is 12.4. The van der Waals surface area contributed by atoms with E-state index in [1.54, 1.807) is 6.07 Å². The molecular weight excluding hydrogens is 342 g/mol. The van der Waals surface area contributed by atoms with Crippen molar-refractivity contribution in [2.24, 2.45) is 0 Å². The zero-order valence-electron chi connectivity index (χ0n) is 14.6. The van der Waals surface area contributed by atoms with E-state index in [4.69, 9.17) is 14.2 Å². The third-order valence-electron chi connectivity index (χ3n) is 3.63. The molecule has 0 aliphatic heterocycles. The molecule has 0 fully saturated rings. The molecule has 7 heteroatoms. The van der Waals surface area contributed by atoms with Crippen LogP contribution in [0.2, 0.25) is 0 Å². The predicted molar refractivity (Wildman–Crippen MR) is 96.0 cm³/mol. The Kier molecular flexibility index (Phi) is 6.66. The van der Waals surface area contributed by atoms with Crippen LogP contribution in [0, 0.1) is 0 Å². The second kappa shape index (κ2) is 8.73. The first kappa shape index (κ1) is 19.1. The van der Waals surface area contributed by atoms with Crippen LogP contribution in [0.1, 0.15) is 12.5 Å². The average Bonchev–Trinajstić information content (AvgIpc) is 2.64. The molecule has 0 saturated heterocycles. The first-order valence-electron chi connectivity index (χ1n) is 7.93. The number of benzene rings is 2. The molecule has 2 aromatic carbocycles. The SMILES string of the molecule is CCc1cccc(OCCNS(=O)(=O)c2ccc(OC)cc2OC)c1. The van der Waals surface area contributed by atoms with Crippen molar-refractivity contribution in [3.05, 3.63) is 48.0 Å². The monoisotopic (exact) mass is 365 g/mol. The fraction of sp³-hybridized carbons (Fsp3) is 0.333. The molecule has 0 aromatic heterocycles. The largest absolute Gasteiger partial charge is 0.497 e. The van der Waals surface area contributed by atoms with Crippen molar-refractivity contribution >= 4 is 10.0 Å². The molecule has 2 rings (SSSR count). The van der Waals surface area contributed by atoms with Crippen LogP contribution < -0.4 is 18.9 Å². The van der Waals surface area contributed by atoms with Crippen molar-refractivity contribution in [1.29, 1.82) is 0 Å². The number of sulfonamides is 1. The Hall–Kier alpha value is -2.25. The highest BCUT2D eigenvalue weighted by Gasteiger charge is 2.19. The van der Waals surface area contributed by atoms with Gasteiger partial charge < -0.3 is 14.2 Å². The topological polar surface area (TPSA) is 73.9 Å². The van der Waals surface area contributed by atoms with Crippen LogP contribution >= 0.6 is 0 Å². The molecule has 0 aliphatic carbocycles. The van der Waals surface area contributed by atoms with Crippen LogP contribution in [0.25, 0.3) is 0 Å². The molecule has 0 aliphatic rings. The highest BCUT2D eigenvalue weighted by atomic mass is 32.2. The van der Waals surface area contributed by atoms with E-state index >= 15 is 0 Å². The summed E-state index contributed by atoms with van der Waals surface area (Å²) in [5, 5.41) is 0. The van der Waals surface area contributed by atoms with Crippen LogP contribution in [0.5, 0.6) is 17.2 Å². The van der Waals surface area contributed by atoms with Gasteiger partial charge in [-0.25, -0.2) is 13.1 Å². The minimum atomic E-state index is -3.71. The number of methoxy groups -OCH3 is 2. The lowest BCUT2D eigenvalue weighted by atomic mass is 10.2. The van der Waals surface area contributed by atoms with Gasteiger partial charge in [-0.3, -0.25) is 0 Å². The minimum absolute atomic E-state index is 0.0591. The summed E-state index contributed by atoms with van der Waals surface area (Å²) in [6.07, 6.45) is 0.918. The zero-order valence-corrected chi connectivity index (χ0v) is 15.4. The molecule has 25 heavy (non-hydrogen) atoms. The van der Waals surface area contributed by atoms with Crippen molar-refractivity contribution in [2.45, 2.75) is 18.2 Å². The van der Waals surface area contributed by atoms with Crippen LogP contribution in [0.4, 0.5) is 0 Å². The molecule has 0 unspecified atom stereocenters. The van der Waals surface area contributed by atoms with Gasteiger partial charge in [0.2, 0.25) is 10.0 Å². The summed E-state index contributed by atoms with van der Waals surface area (Å²) in [7, 11) is -0.785. The van der Waals surface area contributed by atoms with Crippen LogP contribution in [-0.2, 0) is 16.4 Å². The van der Waals surface area contributed by atoms with Gasteiger partial charge in [-0.05, 0) is 36.2 Å². The van der Waals surface area contributed by atoms with E-state index in [9.17, 15) is 8.42 Å². The van der Waals surface area contributed by atoms with Crippen LogP contribution in [0.15, 0.2) is 47.4 Å². The first-order valence-corrected chi connectivity index (χ1v) is 9.42. The molecule has 2 aromatic rings. The lowest BCUT2D eigenvalue weighted by Crippen LogP contribution is -2.28. The van der Waals surface area contributed by atoms with Gasteiger partial charge >= 0.3 is 0 Å². The van der Waals surface area contributed by atoms with Gasteiger partial charge in [0.1, 0.15) is 28.8 Å². The molecule has 0 heterocycles. The van der Waals surface area contributed by atoms with Gasteiger partial charge in [0.05, 0.1) is 14.2 Å². The second-order valence-corrected chi connectivity index (χ2v) is 7.00. The Balaban J connectivity index is 1.97. The molecule has 0 saturated carbocycles. The molecule has 0 amide bonds. The molecule has 0 bridgehead atoms. The smallest absolute Gasteiger partial charge is 0.244 e. The molecule has 0 radical (unpaired) electrons. The fourth-order valence-electron chi connectivity index (χ4n) is 2.27. The number of hydrogen-bond acceptors (Lipinski definition) is 5. The molecule has 0 atom stereocenters. The Labute approximate surface area is 148 Å². The first-order chi connectivity index (χ1) is 12.0. The third-order valence-corrected chi connectivity index (χ3v) is 5.13. The highest BCUT2D eigenvalue weighted by Crippen LogP contribution is 2.28. The lowest BCUT2D eigenvalue weighted by molar-refractivity contribution is 0.322. The molecule has 136 valence electrons. The Bertz CT molecular complexity index is 805. The van der Waals surface area contributed by atoms with Crippen molar-refractivity contribution in [1.82, 2.24) is 4.72 Å². The number of hydrogen-bond donors (Lipinski definition) is 1. The van der Waals surface area contributed by atoms with Gasteiger partial charge in [-0.2, -0.15) is 0 Å².